The van der Waals surface area contributed by atoms with E-state index in [4.69, 9.17) is 0 Å². The van der Waals surface area contributed by atoms with Crippen LogP contribution in [0.25, 0.3) is 10.9 Å². The zero-order valence-electron chi connectivity index (χ0n) is 19.8. The lowest BCUT2D eigenvalue weighted by Crippen LogP contribution is -2.54. The van der Waals surface area contributed by atoms with Crippen molar-refractivity contribution in [1.29, 1.82) is 0 Å². The Balaban J connectivity index is 1.41. The van der Waals surface area contributed by atoms with Crippen molar-refractivity contribution in [2.45, 2.75) is 51.2 Å². The summed E-state index contributed by atoms with van der Waals surface area (Å²) in [5.74, 6) is 0. The van der Waals surface area contributed by atoms with E-state index in [1.54, 1.807) is 0 Å². The number of hydrogen-bond acceptors (Lipinski definition) is 3. The Morgan fingerprint density at radius 1 is 1.15 bits per heavy atom. The minimum Gasteiger partial charge on any atom is -0.380 e. The lowest BCUT2D eigenvalue weighted by molar-refractivity contribution is 0.155. The average Bonchev–Trinajstić information content (AvgIpc) is 3.17. The molecule has 2 aliphatic rings. The number of aromatic nitrogens is 1. The second kappa shape index (κ2) is 9.22. The van der Waals surface area contributed by atoms with E-state index < -0.39 is 0 Å². The first kappa shape index (κ1) is 22.0. The normalized spacial score (nSPS) is 21.1. The van der Waals surface area contributed by atoms with Crippen LogP contribution < -0.4 is 5.32 Å². The molecule has 0 bridgehead atoms. The molecular weight excluding hydrogens is 411 g/mol. The summed E-state index contributed by atoms with van der Waals surface area (Å²) in [6, 6.07) is 18.5. The highest BCUT2D eigenvalue weighted by Gasteiger charge is 2.36. The Hall–Kier alpha value is -2.79. The SMILES string of the molecule is C=C(CC)N1[C@H](c2ccc(NC3CN(CCCF)C3)cc2)c2[nH]c3ccccc3c2C[C@H]1C. The molecular formula is C28H35FN4. The lowest BCUT2D eigenvalue weighted by Gasteiger charge is -2.43. The molecule has 4 nitrogen and oxygen atoms in total. The predicted molar refractivity (Wildman–Crippen MR) is 135 cm³/mol. The Bertz CT molecular complexity index is 1110. The summed E-state index contributed by atoms with van der Waals surface area (Å²) in [5, 5.41) is 4.97. The van der Waals surface area contributed by atoms with Crippen LogP contribution in [0.5, 0.6) is 0 Å². The van der Waals surface area contributed by atoms with Gasteiger partial charge in [0.25, 0.3) is 0 Å². The first-order valence-corrected chi connectivity index (χ1v) is 12.3. The minimum absolute atomic E-state index is 0.137. The van der Waals surface area contributed by atoms with Crippen LogP contribution in [0.3, 0.4) is 0 Å². The maximum absolute atomic E-state index is 12.4. The van der Waals surface area contributed by atoms with Crippen molar-refractivity contribution in [3.05, 3.63) is 77.6 Å². The number of rotatable bonds is 8. The quantitative estimate of drug-likeness (QED) is 0.453. The molecule has 33 heavy (non-hydrogen) atoms. The van der Waals surface area contributed by atoms with Crippen LogP contribution in [0.1, 0.15) is 49.6 Å². The van der Waals surface area contributed by atoms with Gasteiger partial charge in [-0.2, -0.15) is 0 Å². The molecule has 0 saturated carbocycles. The molecule has 0 aliphatic carbocycles. The number of anilines is 1. The van der Waals surface area contributed by atoms with E-state index in [0.29, 0.717) is 18.5 Å². The highest BCUT2D eigenvalue weighted by molar-refractivity contribution is 5.85. The third-order valence-corrected chi connectivity index (χ3v) is 7.31. The Morgan fingerprint density at radius 3 is 2.64 bits per heavy atom. The Morgan fingerprint density at radius 2 is 1.91 bits per heavy atom. The van der Waals surface area contributed by atoms with Crippen LogP contribution >= 0.6 is 0 Å². The molecule has 5 rings (SSSR count). The third-order valence-electron chi connectivity index (χ3n) is 7.31. The first-order valence-electron chi connectivity index (χ1n) is 12.3. The number of benzene rings is 2. The largest absolute Gasteiger partial charge is 0.380 e. The monoisotopic (exact) mass is 446 g/mol. The minimum atomic E-state index is -0.227. The number of hydrogen-bond donors (Lipinski definition) is 2. The van der Waals surface area contributed by atoms with Crippen LogP contribution in [0, 0.1) is 0 Å². The molecule has 1 aromatic heterocycles. The van der Waals surface area contributed by atoms with Crippen molar-refractivity contribution in [2.24, 2.45) is 0 Å². The van der Waals surface area contributed by atoms with Crippen molar-refractivity contribution in [3.63, 3.8) is 0 Å². The standard InChI is InChI=1S/C28H35FN4/c1-4-19(2)33-20(3)16-25-24-8-5-6-9-26(24)31-27(25)28(33)21-10-12-22(13-11-21)30-23-17-32(18-23)15-7-14-29/h5-6,8-13,20,23,28,30-31H,2,4,7,14-18H2,1,3H3/t20-,28-/m1/s1. The number of para-hydroxylation sites is 1. The van der Waals surface area contributed by atoms with Crippen molar-refractivity contribution < 1.29 is 4.39 Å². The van der Waals surface area contributed by atoms with Crippen molar-refractivity contribution in [3.8, 4) is 0 Å². The Kier molecular flexibility index (Phi) is 6.15. The fourth-order valence-electron chi connectivity index (χ4n) is 5.59. The summed E-state index contributed by atoms with van der Waals surface area (Å²) < 4.78 is 12.4. The number of likely N-dealkylation sites (tertiary alicyclic amines) is 1. The molecule has 2 atom stereocenters. The average molecular weight is 447 g/mol. The van der Waals surface area contributed by atoms with Crippen molar-refractivity contribution in [2.75, 3.05) is 31.6 Å². The highest BCUT2D eigenvalue weighted by atomic mass is 19.1. The topological polar surface area (TPSA) is 34.3 Å². The fourth-order valence-corrected chi connectivity index (χ4v) is 5.59. The fraction of sp³-hybridized carbons (Fsp3) is 0.429. The van der Waals surface area contributed by atoms with Crippen LogP contribution in [0.2, 0.25) is 0 Å². The number of nitrogens with zero attached hydrogens (tertiary/aromatic N) is 2. The number of halogens is 1. The van der Waals surface area contributed by atoms with Gasteiger partial charge in [-0.25, -0.2) is 0 Å². The van der Waals surface area contributed by atoms with E-state index in [9.17, 15) is 4.39 Å². The van der Waals surface area contributed by atoms with Crippen LogP contribution in [0.15, 0.2) is 60.8 Å². The highest BCUT2D eigenvalue weighted by Crippen LogP contribution is 2.43. The van der Waals surface area contributed by atoms with Gasteiger partial charge in [-0.3, -0.25) is 9.29 Å². The van der Waals surface area contributed by atoms with Crippen molar-refractivity contribution >= 4 is 16.6 Å². The van der Waals surface area contributed by atoms with Crippen LogP contribution in [-0.2, 0) is 6.42 Å². The molecule has 174 valence electrons. The third kappa shape index (κ3) is 4.15. The second-order valence-corrected chi connectivity index (χ2v) is 9.61. The summed E-state index contributed by atoms with van der Waals surface area (Å²) in [6.45, 7) is 11.5. The van der Waals surface area contributed by atoms with Gasteiger partial charge in [-0.15, -0.1) is 0 Å². The maximum Gasteiger partial charge on any atom is 0.0947 e. The molecule has 3 aromatic rings. The summed E-state index contributed by atoms with van der Waals surface area (Å²) >= 11 is 0. The van der Waals surface area contributed by atoms with E-state index in [1.807, 2.05) is 0 Å². The number of allylic oxidation sites excluding steroid dienone is 1. The zero-order valence-corrected chi connectivity index (χ0v) is 19.8. The molecule has 1 saturated heterocycles. The molecule has 0 amide bonds. The van der Waals surface area contributed by atoms with Gasteiger partial charge in [0, 0.05) is 53.7 Å². The number of aromatic amines is 1. The van der Waals surface area contributed by atoms with E-state index in [0.717, 1.165) is 38.2 Å². The molecule has 0 spiro atoms. The van der Waals surface area contributed by atoms with Gasteiger partial charge in [0.1, 0.15) is 0 Å². The molecule has 1 fully saturated rings. The Labute approximate surface area is 196 Å². The summed E-state index contributed by atoms with van der Waals surface area (Å²) in [6.07, 6.45) is 2.60. The van der Waals surface area contributed by atoms with E-state index in [2.05, 4.69) is 89.1 Å². The van der Waals surface area contributed by atoms with Crippen LogP contribution in [-0.4, -0.2) is 53.2 Å². The van der Waals surface area contributed by atoms with Gasteiger partial charge < -0.3 is 15.2 Å². The molecule has 2 aliphatic heterocycles. The lowest BCUT2D eigenvalue weighted by atomic mass is 9.88. The smallest absolute Gasteiger partial charge is 0.0947 e. The van der Waals surface area contributed by atoms with Gasteiger partial charge in [0.2, 0.25) is 0 Å². The second-order valence-electron chi connectivity index (χ2n) is 9.61. The number of nitrogens with one attached hydrogen (secondary N) is 2. The van der Waals surface area contributed by atoms with Crippen molar-refractivity contribution in [1.82, 2.24) is 14.8 Å². The summed E-state index contributed by atoms with van der Waals surface area (Å²) in [5.41, 5.74) is 7.56. The number of H-pyrrole nitrogens is 1. The summed E-state index contributed by atoms with van der Waals surface area (Å²) in [7, 11) is 0. The van der Waals surface area contributed by atoms with Gasteiger partial charge in [-0.1, -0.05) is 43.8 Å². The van der Waals surface area contributed by atoms with Crippen LogP contribution in [0.4, 0.5) is 10.1 Å². The molecule has 2 N–H and O–H groups in total. The van der Waals surface area contributed by atoms with E-state index in [-0.39, 0.29) is 12.7 Å². The molecule has 3 heterocycles. The summed E-state index contributed by atoms with van der Waals surface area (Å²) in [4.78, 5) is 8.57. The van der Waals surface area contributed by atoms with Gasteiger partial charge in [0.05, 0.1) is 18.8 Å². The molecule has 0 radical (unpaired) electrons. The molecule has 2 aromatic carbocycles. The van der Waals surface area contributed by atoms with Gasteiger partial charge in [0.15, 0.2) is 0 Å². The number of fused-ring (bicyclic) bond motifs is 3. The first-order chi connectivity index (χ1) is 16.1. The van der Waals surface area contributed by atoms with Gasteiger partial charge >= 0.3 is 0 Å². The van der Waals surface area contributed by atoms with E-state index >= 15 is 0 Å². The maximum atomic E-state index is 12.4. The predicted octanol–water partition coefficient (Wildman–Crippen LogP) is 5.88. The van der Waals surface area contributed by atoms with Gasteiger partial charge in [-0.05, 0) is 55.5 Å². The molecule has 0 unspecified atom stereocenters. The van der Waals surface area contributed by atoms with E-state index in [1.165, 1.54) is 33.4 Å². The zero-order chi connectivity index (χ0) is 22.9. The number of alkyl halides is 1. The molecule has 5 heteroatoms.